The van der Waals surface area contributed by atoms with Crippen molar-refractivity contribution in [1.82, 2.24) is 4.90 Å². The highest BCUT2D eigenvalue weighted by Crippen LogP contribution is 2.18. The molecule has 1 amide bonds. The van der Waals surface area contributed by atoms with Gasteiger partial charge < -0.3 is 4.90 Å². The number of amides is 1. The highest BCUT2D eigenvalue weighted by molar-refractivity contribution is 5.77. The van der Waals surface area contributed by atoms with Gasteiger partial charge in [0.1, 0.15) is 0 Å². The Kier molecular flexibility index (Phi) is 3.12. The molecule has 1 aliphatic heterocycles. The lowest BCUT2D eigenvalue weighted by molar-refractivity contribution is -0.136. The van der Waals surface area contributed by atoms with Gasteiger partial charge in [0.25, 0.3) is 0 Å². The average Bonchev–Trinajstić information content (AvgIpc) is 1.97. The van der Waals surface area contributed by atoms with Gasteiger partial charge in [-0.05, 0) is 25.7 Å². The molecule has 0 aromatic heterocycles. The summed E-state index contributed by atoms with van der Waals surface area (Å²) in [5.74, 6) is 0.942. The van der Waals surface area contributed by atoms with Crippen LogP contribution >= 0.6 is 0 Å². The van der Waals surface area contributed by atoms with E-state index in [0.717, 1.165) is 19.4 Å². The van der Waals surface area contributed by atoms with Crippen LogP contribution in [0.3, 0.4) is 0 Å². The number of carbonyl (C=O) groups excluding carboxylic acids is 1. The van der Waals surface area contributed by atoms with E-state index in [-0.39, 0.29) is 0 Å². The number of hydrogen-bond donors (Lipinski definition) is 0. The molecule has 0 N–H and O–H groups in total. The number of carbonyl (C=O) groups is 1. The second-order valence-electron chi connectivity index (χ2n) is 4.18. The van der Waals surface area contributed by atoms with E-state index >= 15 is 0 Å². The van der Waals surface area contributed by atoms with E-state index in [4.69, 9.17) is 0 Å². The van der Waals surface area contributed by atoms with Gasteiger partial charge in [-0.1, -0.05) is 13.8 Å². The van der Waals surface area contributed by atoms with Crippen molar-refractivity contribution in [3.05, 3.63) is 0 Å². The van der Waals surface area contributed by atoms with E-state index in [2.05, 4.69) is 20.8 Å². The Balaban J connectivity index is 2.51. The second-order valence-corrected chi connectivity index (χ2v) is 4.18. The second kappa shape index (κ2) is 3.92. The molecule has 0 aromatic carbocycles. The van der Waals surface area contributed by atoms with Crippen LogP contribution in [0.4, 0.5) is 0 Å². The van der Waals surface area contributed by atoms with Crippen molar-refractivity contribution in [3.63, 3.8) is 0 Å². The van der Waals surface area contributed by atoms with Crippen molar-refractivity contribution in [2.24, 2.45) is 5.92 Å². The molecule has 0 saturated carbocycles. The first-order valence-electron chi connectivity index (χ1n) is 4.90. The molecule has 1 saturated heterocycles. The van der Waals surface area contributed by atoms with Crippen molar-refractivity contribution in [2.45, 2.75) is 46.1 Å². The Morgan fingerprint density at radius 3 is 2.75 bits per heavy atom. The van der Waals surface area contributed by atoms with Crippen LogP contribution in [0.1, 0.15) is 40.0 Å². The standard InChI is InChI=1S/C10H19NO/c1-8(2)7-11-9(3)5-4-6-10(11)12/h8-9H,4-7H2,1-3H3. The third-order valence-corrected chi connectivity index (χ3v) is 2.43. The smallest absolute Gasteiger partial charge is 0.222 e. The van der Waals surface area contributed by atoms with E-state index in [0.29, 0.717) is 17.9 Å². The average molecular weight is 169 g/mol. The van der Waals surface area contributed by atoms with E-state index in [1.54, 1.807) is 0 Å². The minimum absolute atomic E-state index is 0.349. The molecule has 0 spiro atoms. The molecule has 70 valence electrons. The normalized spacial score (nSPS) is 25.2. The van der Waals surface area contributed by atoms with Gasteiger partial charge >= 0.3 is 0 Å². The maximum Gasteiger partial charge on any atom is 0.222 e. The maximum absolute atomic E-state index is 11.5. The summed E-state index contributed by atoms with van der Waals surface area (Å²) in [5.41, 5.74) is 0. The minimum atomic E-state index is 0.349. The van der Waals surface area contributed by atoms with E-state index < -0.39 is 0 Å². The fourth-order valence-corrected chi connectivity index (χ4v) is 1.77. The highest BCUT2D eigenvalue weighted by Gasteiger charge is 2.24. The Morgan fingerprint density at radius 1 is 1.58 bits per heavy atom. The van der Waals surface area contributed by atoms with E-state index in [9.17, 15) is 4.79 Å². The molecule has 2 nitrogen and oxygen atoms in total. The summed E-state index contributed by atoms with van der Waals surface area (Å²) < 4.78 is 0. The summed E-state index contributed by atoms with van der Waals surface area (Å²) in [5, 5.41) is 0. The van der Waals surface area contributed by atoms with E-state index in [1.165, 1.54) is 6.42 Å². The van der Waals surface area contributed by atoms with Gasteiger partial charge in [-0.25, -0.2) is 0 Å². The van der Waals surface area contributed by atoms with Crippen LogP contribution in [-0.4, -0.2) is 23.4 Å². The summed E-state index contributed by atoms with van der Waals surface area (Å²) in [6.45, 7) is 7.41. The van der Waals surface area contributed by atoms with Gasteiger partial charge in [0, 0.05) is 19.0 Å². The topological polar surface area (TPSA) is 20.3 Å². The SMILES string of the molecule is CC(C)CN1C(=O)CCCC1C. The molecule has 0 aromatic rings. The first-order valence-corrected chi connectivity index (χ1v) is 4.90. The van der Waals surface area contributed by atoms with Crippen LogP contribution in [-0.2, 0) is 4.79 Å². The van der Waals surface area contributed by atoms with Gasteiger partial charge in [-0.3, -0.25) is 4.79 Å². The maximum atomic E-state index is 11.5. The zero-order valence-corrected chi connectivity index (χ0v) is 8.34. The minimum Gasteiger partial charge on any atom is -0.340 e. The molecular weight excluding hydrogens is 150 g/mol. The Labute approximate surface area is 74.9 Å². The molecular formula is C10H19NO. The molecule has 1 heterocycles. The lowest BCUT2D eigenvalue weighted by Crippen LogP contribution is -2.43. The molecule has 0 aliphatic carbocycles. The summed E-state index contributed by atoms with van der Waals surface area (Å²) in [4.78, 5) is 13.5. The molecule has 1 rings (SSSR count). The molecule has 0 bridgehead atoms. The van der Waals surface area contributed by atoms with Crippen LogP contribution < -0.4 is 0 Å². The third-order valence-electron chi connectivity index (χ3n) is 2.43. The van der Waals surface area contributed by atoms with Crippen LogP contribution in [0.25, 0.3) is 0 Å². The van der Waals surface area contributed by atoms with Gasteiger partial charge in [0.05, 0.1) is 0 Å². The molecule has 0 radical (unpaired) electrons. The highest BCUT2D eigenvalue weighted by atomic mass is 16.2. The first kappa shape index (κ1) is 9.56. The Bertz CT molecular complexity index is 165. The van der Waals surface area contributed by atoms with Crippen molar-refractivity contribution < 1.29 is 4.79 Å². The molecule has 1 unspecified atom stereocenters. The first-order chi connectivity index (χ1) is 5.61. The quantitative estimate of drug-likeness (QED) is 0.619. The molecule has 12 heavy (non-hydrogen) atoms. The van der Waals surface area contributed by atoms with Crippen LogP contribution in [0.2, 0.25) is 0 Å². The Morgan fingerprint density at radius 2 is 2.25 bits per heavy atom. The van der Waals surface area contributed by atoms with Crippen molar-refractivity contribution >= 4 is 5.91 Å². The fourth-order valence-electron chi connectivity index (χ4n) is 1.77. The predicted octanol–water partition coefficient (Wildman–Crippen LogP) is 2.04. The predicted molar refractivity (Wildman–Crippen MR) is 49.9 cm³/mol. The van der Waals surface area contributed by atoms with Crippen molar-refractivity contribution in [1.29, 1.82) is 0 Å². The molecule has 1 atom stereocenters. The number of piperidine rings is 1. The number of likely N-dealkylation sites (tertiary alicyclic amines) is 1. The number of rotatable bonds is 2. The molecule has 2 heteroatoms. The van der Waals surface area contributed by atoms with Crippen LogP contribution in [0, 0.1) is 5.92 Å². The van der Waals surface area contributed by atoms with Crippen LogP contribution in [0.5, 0.6) is 0 Å². The number of nitrogens with zero attached hydrogens (tertiary/aromatic N) is 1. The van der Waals surface area contributed by atoms with Crippen molar-refractivity contribution in [2.75, 3.05) is 6.54 Å². The Hall–Kier alpha value is -0.530. The lowest BCUT2D eigenvalue weighted by Gasteiger charge is -2.34. The zero-order valence-electron chi connectivity index (χ0n) is 8.34. The fraction of sp³-hybridized carbons (Fsp3) is 0.900. The van der Waals surface area contributed by atoms with Crippen LogP contribution in [0.15, 0.2) is 0 Å². The largest absolute Gasteiger partial charge is 0.340 e. The molecule has 1 aliphatic rings. The summed E-state index contributed by atoms with van der Waals surface area (Å²) in [6.07, 6.45) is 3.02. The van der Waals surface area contributed by atoms with Gasteiger partial charge in [-0.2, -0.15) is 0 Å². The van der Waals surface area contributed by atoms with Gasteiger partial charge in [0.2, 0.25) is 5.91 Å². The monoisotopic (exact) mass is 169 g/mol. The zero-order chi connectivity index (χ0) is 9.14. The van der Waals surface area contributed by atoms with Gasteiger partial charge in [0.15, 0.2) is 0 Å². The lowest BCUT2D eigenvalue weighted by atomic mass is 10.0. The number of hydrogen-bond acceptors (Lipinski definition) is 1. The molecule has 1 fully saturated rings. The van der Waals surface area contributed by atoms with Crippen molar-refractivity contribution in [3.8, 4) is 0 Å². The summed E-state index contributed by atoms with van der Waals surface area (Å²) in [6, 6.07) is 0.466. The summed E-state index contributed by atoms with van der Waals surface area (Å²) >= 11 is 0. The third kappa shape index (κ3) is 2.23. The van der Waals surface area contributed by atoms with E-state index in [1.807, 2.05) is 4.90 Å². The van der Waals surface area contributed by atoms with Gasteiger partial charge in [-0.15, -0.1) is 0 Å². The summed E-state index contributed by atoms with van der Waals surface area (Å²) in [7, 11) is 0.